The molecule has 13 heavy (non-hydrogen) atoms. The van der Waals surface area contributed by atoms with Gasteiger partial charge in [-0.3, -0.25) is 0 Å². The second-order valence-electron chi connectivity index (χ2n) is 3.29. The van der Waals surface area contributed by atoms with Crippen LogP contribution < -0.4 is 5.73 Å². The zero-order valence-electron chi connectivity index (χ0n) is 7.71. The van der Waals surface area contributed by atoms with Crippen molar-refractivity contribution in [3.63, 3.8) is 0 Å². The smallest absolute Gasteiger partial charge is 0.134 e. The molecule has 2 N–H and O–H groups in total. The van der Waals surface area contributed by atoms with Crippen molar-refractivity contribution >= 4 is 11.0 Å². The summed E-state index contributed by atoms with van der Waals surface area (Å²) in [5.41, 5.74) is 8.92. The maximum absolute atomic E-state index is 5.49. The van der Waals surface area contributed by atoms with Crippen LogP contribution in [0.5, 0.6) is 0 Å². The van der Waals surface area contributed by atoms with Gasteiger partial charge in [-0.15, -0.1) is 0 Å². The number of furan rings is 1. The summed E-state index contributed by atoms with van der Waals surface area (Å²) < 4.78 is 5.35. The number of benzene rings is 1. The quantitative estimate of drug-likeness (QED) is 0.760. The van der Waals surface area contributed by atoms with E-state index in [-0.39, 0.29) is 0 Å². The van der Waals surface area contributed by atoms with Crippen LogP contribution in [0, 0.1) is 6.92 Å². The summed E-state index contributed by atoms with van der Waals surface area (Å²) >= 11 is 0. The molecule has 2 nitrogen and oxygen atoms in total. The molecule has 0 aliphatic rings. The Balaban J connectivity index is 2.53. The SMILES string of the molecule is Cc1coc2ccc(CCN)cc12. The Morgan fingerprint density at radius 3 is 3.00 bits per heavy atom. The van der Waals surface area contributed by atoms with E-state index in [2.05, 4.69) is 19.1 Å². The van der Waals surface area contributed by atoms with E-state index in [1.807, 2.05) is 6.07 Å². The number of hydrogen-bond donors (Lipinski definition) is 1. The highest BCUT2D eigenvalue weighted by atomic mass is 16.3. The predicted molar refractivity (Wildman–Crippen MR) is 53.7 cm³/mol. The van der Waals surface area contributed by atoms with Crippen LogP contribution in [-0.4, -0.2) is 6.54 Å². The lowest BCUT2D eigenvalue weighted by Crippen LogP contribution is -2.02. The van der Waals surface area contributed by atoms with Gasteiger partial charge in [-0.25, -0.2) is 0 Å². The van der Waals surface area contributed by atoms with Crippen LogP contribution in [-0.2, 0) is 6.42 Å². The number of hydrogen-bond acceptors (Lipinski definition) is 2. The highest BCUT2D eigenvalue weighted by molar-refractivity contribution is 5.81. The molecule has 0 saturated carbocycles. The van der Waals surface area contributed by atoms with E-state index >= 15 is 0 Å². The number of aryl methyl sites for hydroxylation is 1. The molecule has 0 fully saturated rings. The first-order valence-corrected chi connectivity index (χ1v) is 4.48. The monoisotopic (exact) mass is 175 g/mol. The van der Waals surface area contributed by atoms with Gasteiger partial charge in [0.1, 0.15) is 5.58 Å². The zero-order valence-corrected chi connectivity index (χ0v) is 7.71. The van der Waals surface area contributed by atoms with Gasteiger partial charge >= 0.3 is 0 Å². The van der Waals surface area contributed by atoms with Crippen LogP contribution in [0.1, 0.15) is 11.1 Å². The van der Waals surface area contributed by atoms with Gasteiger partial charge < -0.3 is 10.2 Å². The van der Waals surface area contributed by atoms with Gasteiger partial charge in [0.05, 0.1) is 6.26 Å². The summed E-state index contributed by atoms with van der Waals surface area (Å²) in [5, 5.41) is 1.20. The summed E-state index contributed by atoms with van der Waals surface area (Å²) in [6, 6.07) is 6.23. The number of fused-ring (bicyclic) bond motifs is 1. The molecule has 2 rings (SSSR count). The molecular weight excluding hydrogens is 162 g/mol. The third-order valence-corrected chi connectivity index (χ3v) is 2.26. The van der Waals surface area contributed by atoms with Crippen molar-refractivity contribution in [1.29, 1.82) is 0 Å². The van der Waals surface area contributed by atoms with Crippen molar-refractivity contribution in [1.82, 2.24) is 0 Å². The minimum absolute atomic E-state index is 0.697. The van der Waals surface area contributed by atoms with E-state index in [1.165, 1.54) is 16.5 Å². The average Bonchev–Trinajstić information content (AvgIpc) is 2.49. The lowest BCUT2D eigenvalue weighted by molar-refractivity contribution is 0.613. The summed E-state index contributed by atoms with van der Waals surface area (Å²) in [7, 11) is 0. The molecular formula is C11H13NO. The molecule has 1 aromatic carbocycles. The zero-order chi connectivity index (χ0) is 9.26. The molecule has 68 valence electrons. The maximum Gasteiger partial charge on any atom is 0.134 e. The van der Waals surface area contributed by atoms with E-state index in [1.54, 1.807) is 6.26 Å². The lowest BCUT2D eigenvalue weighted by Gasteiger charge is -1.97. The Bertz CT molecular complexity index is 417. The van der Waals surface area contributed by atoms with E-state index in [9.17, 15) is 0 Å². The highest BCUT2D eigenvalue weighted by Crippen LogP contribution is 2.21. The van der Waals surface area contributed by atoms with E-state index in [0.29, 0.717) is 6.54 Å². The van der Waals surface area contributed by atoms with Crippen LogP contribution in [0.2, 0.25) is 0 Å². The van der Waals surface area contributed by atoms with Crippen LogP contribution >= 0.6 is 0 Å². The van der Waals surface area contributed by atoms with Gasteiger partial charge in [0.15, 0.2) is 0 Å². The van der Waals surface area contributed by atoms with E-state index in [0.717, 1.165) is 12.0 Å². The van der Waals surface area contributed by atoms with Gasteiger partial charge in [-0.2, -0.15) is 0 Å². The molecule has 0 saturated heterocycles. The van der Waals surface area contributed by atoms with Crippen LogP contribution in [0.3, 0.4) is 0 Å². The third kappa shape index (κ3) is 1.45. The Kier molecular flexibility index (Phi) is 2.07. The van der Waals surface area contributed by atoms with Crippen molar-refractivity contribution in [2.24, 2.45) is 5.73 Å². The second kappa shape index (κ2) is 3.23. The van der Waals surface area contributed by atoms with Crippen LogP contribution in [0.4, 0.5) is 0 Å². The predicted octanol–water partition coefficient (Wildman–Crippen LogP) is 2.24. The fraction of sp³-hybridized carbons (Fsp3) is 0.273. The fourth-order valence-electron chi connectivity index (χ4n) is 1.53. The van der Waals surface area contributed by atoms with Crippen molar-refractivity contribution < 1.29 is 4.42 Å². The van der Waals surface area contributed by atoms with Crippen molar-refractivity contribution in [2.75, 3.05) is 6.54 Å². The van der Waals surface area contributed by atoms with Gasteiger partial charge in [-0.05, 0) is 43.1 Å². The third-order valence-electron chi connectivity index (χ3n) is 2.26. The molecule has 0 bridgehead atoms. The molecule has 0 atom stereocenters. The number of rotatable bonds is 2. The average molecular weight is 175 g/mol. The van der Waals surface area contributed by atoms with Crippen molar-refractivity contribution in [3.8, 4) is 0 Å². The first-order chi connectivity index (χ1) is 6.31. The molecule has 0 amide bonds. The van der Waals surface area contributed by atoms with E-state index < -0.39 is 0 Å². The van der Waals surface area contributed by atoms with E-state index in [4.69, 9.17) is 10.2 Å². The molecule has 1 heterocycles. The molecule has 2 heteroatoms. The normalized spacial score (nSPS) is 10.9. The fourth-order valence-corrected chi connectivity index (χ4v) is 1.53. The molecule has 0 spiro atoms. The molecule has 0 aliphatic carbocycles. The second-order valence-corrected chi connectivity index (χ2v) is 3.29. The maximum atomic E-state index is 5.49. The topological polar surface area (TPSA) is 39.2 Å². The number of nitrogens with two attached hydrogens (primary N) is 1. The molecule has 0 aliphatic heterocycles. The first-order valence-electron chi connectivity index (χ1n) is 4.48. The molecule has 0 radical (unpaired) electrons. The minimum atomic E-state index is 0.697. The van der Waals surface area contributed by atoms with Crippen molar-refractivity contribution in [2.45, 2.75) is 13.3 Å². The summed E-state index contributed by atoms with van der Waals surface area (Å²) in [6.45, 7) is 2.75. The Hall–Kier alpha value is -1.28. The first kappa shape index (κ1) is 8.32. The van der Waals surface area contributed by atoms with Crippen LogP contribution in [0.15, 0.2) is 28.9 Å². The van der Waals surface area contributed by atoms with Gasteiger partial charge in [0.2, 0.25) is 0 Å². The van der Waals surface area contributed by atoms with Crippen LogP contribution in [0.25, 0.3) is 11.0 Å². The minimum Gasteiger partial charge on any atom is -0.464 e. The van der Waals surface area contributed by atoms with Gasteiger partial charge in [0.25, 0.3) is 0 Å². The molecule has 0 unspecified atom stereocenters. The summed E-state index contributed by atoms with van der Waals surface area (Å²) in [6.07, 6.45) is 2.72. The van der Waals surface area contributed by atoms with Gasteiger partial charge in [0, 0.05) is 5.39 Å². The molecule has 1 aromatic heterocycles. The van der Waals surface area contributed by atoms with Gasteiger partial charge in [-0.1, -0.05) is 6.07 Å². The summed E-state index contributed by atoms with van der Waals surface area (Å²) in [4.78, 5) is 0. The summed E-state index contributed by atoms with van der Waals surface area (Å²) in [5.74, 6) is 0. The standard InChI is InChI=1S/C11H13NO/c1-8-7-13-11-3-2-9(4-5-12)6-10(8)11/h2-3,6-7H,4-5,12H2,1H3. The van der Waals surface area contributed by atoms with Crippen molar-refractivity contribution in [3.05, 3.63) is 35.6 Å². The Morgan fingerprint density at radius 2 is 2.23 bits per heavy atom. The highest BCUT2D eigenvalue weighted by Gasteiger charge is 2.01. The Labute approximate surface area is 77.3 Å². The Morgan fingerprint density at radius 1 is 1.38 bits per heavy atom. The lowest BCUT2D eigenvalue weighted by atomic mass is 10.1. The largest absolute Gasteiger partial charge is 0.464 e. The molecule has 2 aromatic rings.